The molecule has 2 N–H and O–H groups in total. The number of benzene rings is 1. The van der Waals surface area contributed by atoms with E-state index in [1.165, 1.54) is 6.07 Å². The summed E-state index contributed by atoms with van der Waals surface area (Å²) in [4.78, 5) is 16.3. The fourth-order valence-corrected chi connectivity index (χ4v) is 1.91. The van der Waals surface area contributed by atoms with E-state index < -0.39 is 18.6 Å². The maximum absolute atomic E-state index is 12.2. The van der Waals surface area contributed by atoms with Crippen LogP contribution in [0.4, 0.5) is 19.0 Å². The van der Waals surface area contributed by atoms with Gasteiger partial charge in [-0.25, -0.2) is 4.98 Å². The van der Waals surface area contributed by atoms with Crippen LogP contribution in [0.1, 0.15) is 17.3 Å². The molecule has 2 rings (SSSR count). The van der Waals surface area contributed by atoms with Crippen molar-refractivity contribution < 1.29 is 18.0 Å². The second-order valence-corrected chi connectivity index (χ2v) is 4.40. The molecule has 0 spiro atoms. The first-order chi connectivity index (χ1) is 9.90. The summed E-state index contributed by atoms with van der Waals surface area (Å²) in [6, 6.07) is 8.27. The zero-order chi connectivity index (χ0) is 15.5. The smallest absolute Gasteiger partial charge is 0.370 e. The van der Waals surface area contributed by atoms with Gasteiger partial charge in [0.2, 0.25) is 0 Å². The number of nitrogens with one attached hydrogen (secondary N) is 2. The van der Waals surface area contributed by atoms with E-state index in [2.05, 4.69) is 10.3 Å². The molecular formula is C14H14F3N3O. The van der Waals surface area contributed by atoms with Crippen LogP contribution in [0.3, 0.4) is 0 Å². The van der Waals surface area contributed by atoms with Crippen LogP contribution in [0.15, 0.2) is 30.3 Å². The number of hydrogen-bond acceptors (Lipinski definition) is 3. The Bertz CT molecular complexity index is 655. The lowest BCUT2D eigenvalue weighted by atomic mass is 10.1. The lowest BCUT2D eigenvalue weighted by molar-refractivity contribution is -0.123. The highest BCUT2D eigenvalue weighted by Crippen LogP contribution is 2.21. The van der Waals surface area contributed by atoms with Gasteiger partial charge in [-0.05, 0) is 19.1 Å². The van der Waals surface area contributed by atoms with Gasteiger partial charge in [-0.15, -0.1) is 0 Å². The first-order valence-electron chi connectivity index (χ1n) is 6.39. The van der Waals surface area contributed by atoms with Crippen molar-refractivity contribution in [2.45, 2.75) is 13.1 Å². The summed E-state index contributed by atoms with van der Waals surface area (Å²) >= 11 is 0. The number of pyridine rings is 1. The fourth-order valence-electron chi connectivity index (χ4n) is 1.91. The number of amides is 1. The lowest BCUT2D eigenvalue weighted by Gasteiger charge is -2.12. The molecule has 2 aromatic rings. The molecule has 4 nitrogen and oxygen atoms in total. The van der Waals surface area contributed by atoms with Crippen molar-refractivity contribution in [3.05, 3.63) is 35.9 Å². The van der Waals surface area contributed by atoms with Crippen LogP contribution in [0.5, 0.6) is 0 Å². The van der Waals surface area contributed by atoms with Crippen LogP contribution in [-0.4, -0.2) is 30.2 Å². The number of halogens is 3. The molecular weight excluding hydrogens is 283 g/mol. The fraction of sp³-hybridized carbons (Fsp3) is 0.286. The van der Waals surface area contributed by atoms with Gasteiger partial charge in [0.25, 0.3) is 5.91 Å². The first kappa shape index (κ1) is 15.1. The van der Waals surface area contributed by atoms with Crippen molar-refractivity contribution in [3.8, 4) is 0 Å². The van der Waals surface area contributed by atoms with Gasteiger partial charge in [-0.3, -0.25) is 4.79 Å². The Hall–Kier alpha value is -2.31. The minimum Gasteiger partial charge on any atom is -0.370 e. The SMILES string of the molecule is CCNc1cc(C(=O)NCC(F)(F)F)c2ccccc2n1. The Balaban J connectivity index is 2.38. The van der Waals surface area contributed by atoms with Crippen molar-refractivity contribution in [2.24, 2.45) is 0 Å². The maximum Gasteiger partial charge on any atom is 0.405 e. The molecule has 0 atom stereocenters. The molecule has 0 unspecified atom stereocenters. The van der Waals surface area contributed by atoms with E-state index in [0.29, 0.717) is 23.3 Å². The summed E-state index contributed by atoms with van der Waals surface area (Å²) in [6.07, 6.45) is -4.44. The van der Waals surface area contributed by atoms with Crippen LogP contribution < -0.4 is 10.6 Å². The molecule has 21 heavy (non-hydrogen) atoms. The van der Waals surface area contributed by atoms with Gasteiger partial charge in [0.05, 0.1) is 11.1 Å². The largest absolute Gasteiger partial charge is 0.405 e. The van der Waals surface area contributed by atoms with Gasteiger partial charge in [0.1, 0.15) is 12.4 Å². The number of para-hydroxylation sites is 1. The summed E-state index contributed by atoms with van der Waals surface area (Å²) in [6.45, 7) is 1.09. The molecule has 0 bridgehead atoms. The van der Waals surface area contributed by atoms with Crippen LogP contribution in [0.2, 0.25) is 0 Å². The molecule has 0 aliphatic carbocycles. The molecule has 1 amide bonds. The van der Waals surface area contributed by atoms with E-state index in [1.807, 2.05) is 12.2 Å². The van der Waals surface area contributed by atoms with E-state index in [0.717, 1.165) is 0 Å². The van der Waals surface area contributed by atoms with Gasteiger partial charge in [0, 0.05) is 11.9 Å². The third kappa shape index (κ3) is 3.84. The number of rotatable bonds is 4. The predicted molar refractivity (Wildman–Crippen MR) is 74.3 cm³/mol. The molecule has 1 aromatic carbocycles. The number of nitrogens with zero attached hydrogens (tertiary/aromatic N) is 1. The second kappa shape index (κ2) is 5.99. The minimum atomic E-state index is -4.44. The first-order valence-corrected chi connectivity index (χ1v) is 6.39. The zero-order valence-electron chi connectivity index (χ0n) is 11.3. The molecule has 7 heteroatoms. The predicted octanol–water partition coefficient (Wildman–Crippen LogP) is 2.96. The van der Waals surface area contributed by atoms with Crippen LogP contribution in [0, 0.1) is 0 Å². The highest BCUT2D eigenvalue weighted by Gasteiger charge is 2.28. The summed E-state index contributed by atoms with van der Waals surface area (Å²) < 4.78 is 36.6. The number of fused-ring (bicyclic) bond motifs is 1. The molecule has 1 aromatic heterocycles. The normalized spacial score (nSPS) is 11.4. The van der Waals surface area contributed by atoms with Crippen molar-refractivity contribution >= 4 is 22.6 Å². The quantitative estimate of drug-likeness (QED) is 0.912. The summed E-state index contributed by atoms with van der Waals surface area (Å²) in [5.41, 5.74) is 0.717. The van der Waals surface area contributed by atoms with E-state index in [-0.39, 0.29) is 5.56 Å². The highest BCUT2D eigenvalue weighted by molar-refractivity contribution is 6.06. The average Bonchev–Trinajstić information content (AvgIpc) is 2.43. The molecule has 1 heterocycles. The van der Waals surface area contributed by atoms with E-state index >= 15 is 0 Å². The Morgan fingerprint density at radius 2 is 2.00 bits per heavy atom. The molecule has 0 radical (unpaired) electrons. The molecule has 0 saturated heterocycles. The summed E-state index contributed by atoms with van der Waals surface area (Å²) in [5, 5.41) is 5.35. The Labute approximate surface area is 119 Å². The average molecular weight is 297 g/mol. The van der Waals surface area contributed by atoms with Gasteiger partial charge < -0.3 is 10.6 Å². The highest BCUT2D eigenvalue weighted by atomic mass is 19.4. The summed E-state index contributed by atoms with van der Waals surface area (Å²) in [5.74, 6) is -0.321. The van der Waals surface area contributed by atoms with Gasteiger partial charge in [-0.2, -0.15) is 13.2 Å². The number of hydrogen-bond donors (Lipinski definition) is 2. The Morgan fingerprint density at radius 3 is 2.67 bits per heavy atom. The zero-order valence-corrected chi connectivity index (χ0v) is 11.3. The van der Waals surface area contributed by atoms with Crippen molar-refractivity contribution in [2.75, 3.05) is 18.4 Å². The standard InChI is InChI=1S/C14H14F3N3O/c1-2-18-12-7-10(13(21)19-8-14(15,16)17)9-5-3-4-6-11(9)20-12/h3-7H,2,8H2,1H3,(H,18,20)(H,19,21). The number of carbonyl (C=O) groups is 1. The topological polar surface area (TPSA) is 54.0 Å². The summed E-state index contributed by atoms with van der Waals surface area (Å²) in [7, 11) is 0. The van der Waals surface area contributed by atoms with Crippen LogP contribution in [0.25, 0.3) is 10.9 Å². The van der Waals surface area contributed by atoms with E-state index in [4.69, 9.17) is 0 Å². The Kier molecular flexibility index (Phi) is 4.30. The molecule has 0 fully saturated rings. The van der Waals surface area contributed by atoms with Gasteiger partial charge in [0.15, 0.2) is 0 Å². The minimum absolute atomic E-state index is 0.167. The second-order valence-electron chi connectivity index (χ2n) is 4.40. The third-order valence-electron chi connectivity index (χ3n) is 2.77. The number of aromatic nitrogens is 1. The molecule has 0 saturated carbocycles. The lowest BCUT2D eigenvalue weighted by Crippen LogP contribution is -2.33. The van der Waals surface area contributed by atoms with Crippen molar-refractivity contribution in [1.82, 2.24) is 10.3 Å². The maximum atomic E-state index is 12.2. The molecule has 0 aliphatic rings. The molecule has 112 valence electrons. The van der Waals surface area contributed by atoms with Crippen molar-refractivity contribution in [1.29, 1.82) is 0 Å². The number of carbonyl (C=O) groups excluding carboxylic acids is 1. The van der Waals surface area contributed by atoms with Crippen LogP contribution >= 0.6 is 0 Å². The van der Waals surface area contributed by atoms with Crippen molar-refractivity contribution in [3.63, 3.8) is 0 Å². The van der Waals surface area contributed by atoms with Gasteiger partial charge >= 0.3 is 6.18 Å². The number of anilines is 1. The van der Waals surface area contributed by atoms with Crippen LogP contribution in [-0.2, 0) is 0 Å². The Morgan fingerprint density at radius 1 is 1.29 bits per heavy atom. The van der Waals surface area contributed by atoms with E-state index in [9.17, 15) is 18.0 Å². The van der Waals surface area contributed by atoms with E-state index in [1.54, 1.807) is 24.3 Å². The monoisotopic (exact) mass is 297 g/mol. The third-order valence-corrected chi connectivity index (χ3v) is 2.77. The van der Waals surface area contributed by atoms with Gasteiger partial charge in [-0.1, -0.05) is 18.2 Å². The number of alkyl halides is 3. The molecule has 0 aliphatic heterocycles.